The fourth-order valence-electron chi connectivity index (χ4n) is 0.0913. The average Bonchev–Trinajstić information content (AvgIpc) is 1.91. The van der Waals surface area contributed by atoms with Gasteiger partial charge in [0.05, 0.1) is 0 Å². The molecule has 0 rings (SSSR count). The van der Waals surface area contributed by atoms with E-state index in [1.165, 1.54) is 18.8 Å². The van der Waals surface area contributed by atoms with E-state index in [4.69, 9.17) is 5.73 Å². The minimum absolute atomic E-state index is 0. The first-order chi connectivity index (χ1) is 3.81. The highest BCUT2D eigenvalue weighted by Crippen LogP contribution is 1.86. The van der Waals surface area contributed by atoms with Crippen LogP contribution in [0.2, 0.25) is 0 Å². The molecule has 0 atom stereocenters. The molecule has 0 heterocycles. The van der Waals surface area contributed by atoms with Crippen LogP contribution in [0.1, 0.15) is 10.3 Å². The van der Waals surface area contributed by atoms with Gasteiger partial charge in [0.2, 0.25) is 0 Å². The van der Waals surface area contributed by atoms with Crippen LogP contribution in [0.3, 0.4) is 0 Å². The van der Waals surface area contributed by atoms with Crippen molar-refractivity contribution < 1.29 is 2.85 Å². The first-order valence-electron chi connectivity index (χ1n) is 2.15. The molecule has 0 amide bonds. The number of nitrogens with zero attached hydrogens (tertiary/aromatic N) is 1. The topological polar surface area (TPSA) is 64.4 Å². The maximum atomic E-state index is 5.19. The lowest BCUT2D eigenvalue weighted by Gasteiger charge is -1.84. The summed E-state index contributed by atoms with van der Waals surface area (Å²) in [7, 11) is 3.17. The third-order valence-electron chi connectivity index (χ3n) is 0.430. The highest BCUT2D eigenvalue weighted by Gasteiger charge is 1.75. The first kappa shape index (κ1) is 15.9. The van der Waals surface area contributed by atoms with Crippen LogP contribution in [-0.2, 0) is 0 Å². The summed E-state index contributed by atoms with van der Waals surface area (Å²) in [5.41, 5.74) is 9.69. The Bertz CT molecular complexity index is 70.7. The highest BCUT2D eigenvalue weighted by atomic mass is 32.2. The predicted molar refractivity (Wildman–Crippen MR) is 52.1 cm³/mol. The van der Waals surface area contributed by atoms with Crippen molar-refractivity contribution >= 4 is 16.9 Å². The lowest BCUT2D eigenvalue weighted by atomic mass is 11.3. The fourth-order valence-corrected chi connectivity index (χ4v) is 0.274. The largest absolute Gasteiger partial charge is 0.379 e. The molecular formula is C5H21N3S. The van der Waals surface area contributed by atoms with Crippen molar-refractivity contribution in [3.63, 3.8) is 0 Å². The summed E-state index contributed by atoms with van der Waals surface area (Å²) >= 11 is 1.45. The molecule has 4 N–H and O–H groups in total. The Labute approximate surface area is 64.9 Å². The molecule has 0 aliphatic heterocycles. The van der Waals surface area contributed by atoms with Crippen LogP contribution in [0.5, 0.6) is 0 Å². The van der Waals surface area contributed by atoms with E-state index in [0.29, 0.717) is 5.17 Å². The molecule has 0 unspecified atom stereocenters. The molecular weight excluding hydrogens is 134 g/mol. The van der Waals surface area contributed by atoms with Gasteiger partial charge >= 0.3 is 0 Å². The van der Waals surface area contributed by atoms with Crippen LogP contribution in [0.4, 0.5) is 0 Å². The van der Waals surface area contributed by atoms with Crippen molar-refractivity contribution in [3.05, 3.63) is 0 Å². The summed E-state index contributed by atoms with van der Waals surface area (Å²) in [6.45, 7) is 0. The van der Waals surface area contributed by atoms with Crippen LogP contribution in [0.15, 0.2) is 4.99 Å². The maximum absolute atomic E-state index is 5.19. The molecule has 0 aromatic rings. The van der Waals surface area contributed by atoms with Crippen molar-refractivity contribution in [3.8, 4) is 0 Å². The summed E-state index contributed by atoms with van der Waals surface area (Å²) in [4.78, 5) is 3.66. The van der Waals surface area contributed by atoms with E-state index < -0.39 is 0 Å². The number of thioether (sulfide) groups is 1. The molecule has 0 aromatic heterocycles. The number of aliphatic imine (C=N–C) groups is 1. The van der Waals surface area contributed by atoms with Crippen molar-refractivity contribution in [2.45, 2.75) is 7.43 Å². The van der Waals surface area contributed by atoms with Crippen molar-refractivity contribution in [1.82, 2.24) is 0 Å². The molecule has 0 aromatic carbocycles. The monoisotopic (exact) mass is 157 g/mol. The van der Waals surface area contributed by atoms with Crippen molar-refractivity contribution in [2.24, 2.45) is 16.5 Å². The van der Waals surface area contributed by atoms with Crippen LogP contribution >= 0.6 is 11.8 Å². The van der Waals surface area contributed by atoms with Gasteiger partial charge in [-0.25, -0.2) is 0 Å². The summed E-state index contributed by atoms with van der Waals surface area (Å²) in [6, 6.07) is 0. The first-order valence-corrected chi connectivity index (χ1v) is 3.37. The van der Waals surface area contributed by atoms with Gasteiger partial charge in [-0.15, -0.1) is 0 Å². The second kappa shape index (κ2) is 15.7. The van der Waals surface area contributed by atoms with E-state index in [2.05, 4.69) is 10.7 Å². The third kappa shape index (κ3) is 18.2. The fraction of sp³-hybridized carbons (Fsp3) is 0.800. The summed E-state index contributed by atoms with van der Waals surface area (Å²) in [5, 5.41) is 0.634. The average molecular weight is 157 g/mol. The van der Waals surface area contributed by atoms with Gasteiger partial charge < -0.3 is 11.5 Å². The van der Waals surface area contributed by atoms with Crippen LogP contribution in [0.25, 0.3) is 0 Å². The molecule has 0 aliphatic carbocycles. The molecule has 0 spiro atoms. The number of amidine groups is 1. The van der Waals surface area contributed by atoms with Crippen LogP contribution in [0, 0.1) is 0 Å². The summed E-state index contributed by atoms with van der Waals surface area (Å²) < 4.78 is 0. The van der Waals surface area contributed by atoms with E-state index in [0.717, 1.165) is 0 Å². The van der Waals surface area contributed by atoms with Crippen LogP contribution in [-0.4, -0.2) is 25.5 Å². The Morgan fingerprint density at radius 2 is 1.89 bits per heavy atom. The van der Waals surface area contributed by atoms with Gasteiger partial charge in [0, 0.05) is 9.90 Å². The van der Waals surface area contributed by atoms with Gasteiger partial charge in [-0.05, 0) is 13.3 Å². The van der Waals surface area contributed by atoms with Gasteiger partial charge in [-0.3, -0.25) is 4.99 Å². The Kier molecular flexibility index (Phi) is 27.7. The molecule has 3 nitrogen and oxygen atoms in total. The molecule has 0 radical (unpaired) electrons. The van der Waals surface area contributed by atoms with Gasteiger partial charge in [-0.1, -0.05) is 19.2 Å². The lowest BCUT2D eigenvalue weighted by Crippen LogP contribution is -2.03. The zero-order valence-electron chi connectivity index (χ0n) is 5.51. The second-order valence-electron chi connectivity index (χ2n) is 0.766. The van der Waals surface area contributed by atoms with Crippen molar-refractivity contribution in [2.75, 3.05) is 20.4 Å². The van der Waals surface area contributed by atoms with E-state index >= 15 is 0 Å². The van der Waals surface area contributed by atoms with Gasteiger partial charge in [0.1, 0.15) is 0 Å². The molecule has 0 saturated heterocycles. The molecule has 4 heteroatoms. The molecule has 0 aliphatic rings. The standard InChI is InChI=1S/C3H8N2S.CH5N.CH4.2H2/c1-5-3(4)6-2;1-2;;;/h1-2H3,(H2,4,5);2H2,1H3;1H4;2*1H/i;;;2*1+1. The smallest absolute Gasteiger partial charge is 0.153 e. The van der Waals surface area contributed by atoms with E-state index in [9.17, 15) is 0 Å². The second-order valence-corrected chi connectivity index (χ2v) is 1.59. The summed E-state index contributed by atoms with van der Waals surface area (Å²) in [5.74, 6) is 0. The highest BCUT2D eigenvalue weighted by molar-refractivity contribution is 8.13. The number of hydrogen-bond acceptors (Lipinski definition) is 3. The lowest BCUT2D eigenvalue weighted by molar-refractivity contribution is 1.44. The summed E-state index contributed by atoms with van der Waals surface area (Å²) in [6.07, 6.45) is 1.89. The molecule has 0 saturated carbocycles. The normalized spacial score (nSPS) is 8.67. The Morgan fingerprint density at radius 3 is 1.89 bits per heavy atom. The Hall–Kier alpha value is -0.220. The van der Waals surface area contributed by atoms with Gasteiger partial charge in [-0.2, -0.15) is 0 Å². The predicted octanol–water partition coefficient (Wildman–Crippen LogP) is 0.997. The third-order valence-corrected chi connectivity index (χ3v) is 1.03. The van der Waals surface area contributed by atoms with Gasteiger partial charge in [0.15, 0.2) is 5.17 Å². The maximum Gasteiger partial charge on any atom is 0.153 e. The molecule has 9 heavy (non-hydrogen) atoms. The SMILES string of the molecule is C.CN.CN=C(N)SC.[2HH].[2HH]. The minimum Gasteiger partial charge on any atom is -0.379 e. The number of nitrogens with two attached hydrogens (primary N) is 2. The zero-order chi connectivity index (χ0) is 6.99. The van der Waals surface area contributed by atoms with Crippen molar-refractivity contribution in [1.29, 1.82) is 0 Å². The van der Waals surface area contributed by atoms with Gasteiger partial charge in [0.25, 0.3) is 0 Å². The number of rotatable bonds is 0. The Morgan fingerprint density at radius 1 is 1.56 bits per heavy atom. The quantitative estimate of drug-likeness (QED) is 0.407. The molecule has 0 fully saturated rings. The van der Waals surface area contributed by atoms with E-state index in [1.54, 1.807) is 7.05 Å². The van der Waals surface area contributed by atoms with Crippen LogP contribution < -0.4 is 11.5 Å². The zero-order valence-corrected chi connectivity index (χ0v) is 6.33. The minimum atomic E-state index is 0. The van der Waals surface area contributed by atoms with E-state index in [-0.39, 0.29) is 10.3 Å². The number of hydrogen-bond donors (Lipinski definition) is 2. The molecule has 0 bridgehead atoms. The molecule has 62 valence electrons. The van der Waals surface area contributed by atoms with E-state index in [1.807, 2.05) is 6.26 Å². The Balaban J connectivity index is -0.0000000222.